The summed E-state index contributed by atoms with van der Waals surface area (Å²) in [6, 6.07) is 9.48. The number of halogens is 1. The van der Waals surface area contributed by atoms with E-state index in [1.807, 2.05) is 55.2 Å². The Morgan fingerprint density at radius 1 is 1.33 bits per heavy atom. The summed E-state index contributed by atoms with van der Waals surface area (Å²) < 4.78 is 3.55. The highest BCUT2D eigenvalue weighted by Crippen LogP contribution is 2.33. The molecule has 1 amide bonds. The molecular formula is C19H18ClN5OS. The van der Waals surface area contributed by atoms with Crippen LogP contribution in [0.1, 0.15) is 20.9 Å². The first-order chi connectivity index (χ1) is 12.9. The number of thiophene rings is 1. The monoisotopic (exact) mass is 399 g/mol. The highest BCUT2D eigenvalue weighted by atomic mass is 35.5. The predicted molar refractivity (Wildman–Crippen MR) is 108 cm³/mol. The van der Waals surface area contributed by atoms with Crippen molar-refractivity contribution in [1.29, 1.82) is 0 Å². The van der Waals surface area contributed by atoms with Gasteiger partial charge in [-0.25, -0.2) is 4.68 Å². The minimum atomic E-state index is -0.0230. The summed E-state index contributed by atoms with van der Waals surface area (Å²) in [4.78, 5) is 16.2. The fourth-order valence-corrected chi connectivity index (χ4v) is 4.41. The zero-order valence-electron chi connectivity index (χ0n) is 15.2. The van der Waals surface area contributed by atoms with E-state index in [9.17, 15) is 4.79 Å². The van der Waals surface area contributed by atoms with E-state index in [0.717, 1.165) is 27.2 Å². The number of rotatable bonds is 4. The van der Waals surface area contributed by atoms with Gasteiger partial charge >= 0.3 is 0 Å². The Kier molecular flexibility index (Phi) is 4.49. The summed E-state index contributed by atoms with van der Waals surface area (Å²) in [5, 5.41) is 10.3. The standard InChI is InChI=1S/C19H18ClN5OS/c1-12-14-8-17(18(26)23(2)10-13-9-21-24(3)11-13)27-19(14)25(22-12)16-7-5-4-6-15(16)20/h4-9,11H,10H2,1-3H3. The van der Waals surface area contributed by atoms with Gasteiger partial charge in [0.1, 0.15) is 4.83 Å². The molecule has 0 atom stereocenters. The molecule has 0 N–H and O–H groups in total. The van der Waals surface area contributed by atoms with Gasteiger partial charge in [0.2, 0.25) is 0 Å². The molecular weight excluding hydrogens is 382 g/mol. The third-order valence-electron chi connectivity index (χ3n) is 4.36. The summed E-state index contributed by atoms with van der Waals surface area (Å²) in [7, 11) is 3.66. The lowest BCUT2D eigenvalue weighted by atomic mass is 10.3. The maximum absolute atomic E-state index is 12.9. The normalized spacial score (nSPS) is 11.3. The van der Waals surface area contributed by atoms with Crippen LogP contribution in [0.3, 0.4) is 0 Å². The van der Waals surface area contributed by atoms with Crippen LogP contribution in [-0.4, -0.2) is 37.4 Å². The molecule has 3 aromatic heterocycles. The molecule has 0 spiro atoms. The first-order valence-corrected chi connectivity index (χ1v) is 9.60. The number of hydrogen-bond acceptors (Lipinski definition) is 4. The number of benzene rings is 1. The maximum Gasteiger partial charge on any atom is 0.264 e. The second-order valence-electron chi connectivity index (χ2n) is 6.46. The first kappa shape index (κ1) is 17.8. The molecule has 4 rings (SSSR count). The second-order valence-corrected chi connectivity index (χ2v) is 7.90. The molecule has 0 saturated heterocycles. The number of hydrogen-bond donors (Lipinski definition) is 0. The van der Waals surface area contributed by atoms with Crippen LogP contribution in [0.5, 0.6) is 0 Å². The molecule has 0 aliphatic heterocycles. The molecule has 0 fully saturated rings. The van der Waals surface area contributed by atoms with Gasteiger partial charge in [0.15, 0.2) is 0 Å². The van der Waals surface area contributed by atoms with Crippen LogP contribution in [0, 0.1) is 6.92 Å². The zero-order valence-corrected chi connectivity index (χ0v) is 16.8. The van der Waals surface area contributed by atoms with Crippen molar-refractivity contribution in [1.82, 2.24) is 24.5 Å². The largest absolute Gasteiger partial charge is 0.337 e. The van der Waals surface area contributed by atoms with Crippen LogP contribution in [0.25, 0.3) is 15.9 Å². The summed E-state index contributed by atoms with van der Waals surface area (Å²) in [5.74, 6) is -0.0230. The van der Waals surface area contributed by atoms with Crippen LogP contribution in [-0.2, 0) is 13.6 Å². The Bertz CT molecular complexity index is 1140. The van der Waals surface area contributed by atoms with E-state index in [1.54, 1.807) is 22.8 Å². The van der Waals surface area contributed by atoms with Gasteiger partial charge < -0.3 is 4.90 Å². The van der Waals surface area contributed by atoms with Crippen molar-refractivity contribution in [2.45, 2.75) is 13.5 Å². The summed E-state index contributed by atoms with van der Waals surface area (Å²) in [5.41, 5.74) is 2.67. The van der Waals surface area contributed by atoms with Gasteiger partial charge in [0.05, 0.1) is 27.5 Å². The molecule has 27 heavy (non-hydrogen) atoms. The van der Waals surface area contributed by atoms with Crippen molar-refractivity contribution in [2.75, 3.05) is 7.05 Å². The van der Waals surface area contributed by atoms with Crippen molar-refractivity contribution in [3.05, 3.63) is 63.9 Å². The third kappa shape index (κ3) is 3.24. The SMILES string of the molecule is Cc1nn(-c2ccccc2Cl)c2sc(C(=O)N(C)Cc3cnn(C)c3)cc12. The molecule has 8 heteroatoms. The molecule has 0 unspecified atom stereocenters. The van der Waals surface area contributed by atoms with Gasteiger partial charge in [-0.1, -0.05) is 23.7 Å². The van der Waals surface area contributed by atoms with E-state index in [4.69, 9.17) is 11.6 Å². The number of fused-ring (bicyclic) bond motifs is 1. The molecule has 0 radical (unpaired) electrons. The molecule has 1 aromatic carbocycles. The molecule has 4 aromatic rings. The van der Waals surface area contributed by atoms with E-state index >= 15 is 0 Å². The van der Waals surface area contributed by atoms with Gasteiger partial charge in [0, 0.05) is 37.8 Å². The molecule has 3 heterocycles. The molecule has 0 aliphatic rings. The van der Waals surface area contributed by atoms with Crippen molar-refractivity contribution in [3.63, 3.8) is 0 Å². The Labute approximate surface area is 165 Å². The van der Waals surface area contributed by atoms with Crippen LogP contribution in [0.15, 0.2) is 42.7 Å². The minimum Gasteiger partial charge on any atom is -0.337 e. The number of carbonyl (C=O) groups excluding carboxylic acids is 1. The fraction of sp³-hybridized carbons (Fsp3) is 0.211. The number of para-hydroxylation sites is 1. The van der Waals surface area contributed by atoms with Crippen molar-refractivity contribution >= 4 is 39.1 Å². The average molecular weight is 400 g/mol. The van der Waals surface area contributed by atoms with Crippen LogP contribution in [0.4, 0.5) is 0 Å². The van der Waals surface area contributed by atoms with Crippen molar-refractivity contribution in [3.8, 4) is 5.69 Å². The molecule has 138 valence electrons. The number of aromatic nitrogens is 4. The van der Waals surface area contributed by atoms with Crippen LogP contribution in [0.2, 0.25) is 5.02 Å². The minimum absolute atomic E-state index is 0.0230. The lowest BCUT2D eigenvalue weighted by molar-refractivity contribution is 0.0790. The Balaban J connectivity index is 1.68. The van der Waals surface area contributed by atoms with Gasteiger partial charge in [-0.05, 0) is 25.1 Å². The summed E-state index contributed by atoms with van der Waals surface area (Å²) >= 11 is 7.77. The highest BCUT2D eigenvalue weighted by molar-refractivity contribution is 7.20. The number of nitrogens with zero attached hydrogens (tertiary/aromatic N) is 5. The van der Waals surface area contributed by atoms with Gasteiger partial charge in [-0.15, -0.1) is 11.3 Å². The number of carbonyl (C=O) groups is 1. The average Bonchev–Trinajstić information content (AvgIpc) is 3.32. The van der Waals surface area contributed by atoms with E-state index in [2.05, 4.69) is 10.2 Å². The van der Waals surface area contributed by atoms with Gasteiger partial charge in [-0.2, -0.15) is 10.2 Å². The van der Waals surface area contributed by atoms with Crippen LogP contribution >= 0.6 is 22.9 Å². The van der Waals surface area contributed by atoms with Crippen LogP contribution < -0.4 is 0 Å². The topological polar surface area (TPSA) is 56.0 Å². The Morgan fingerprint density at radius 3 is 2.81 bits per heavy atom. The highest BCUT2D eigenvalue weighted by Gasteiger charge is 2.20. The second kappa shape index (κ2) is 6.83. The Morgan fingerprint density at radius 2 is 2.11 bits per heavy atom. The predicted octanol–water partition coefficient (Wildman–Crippen LogP) is 4.05. The summed E-state index contributed by atoms with van der Waals surface area (Å²) in [6.07, 6.45) is 3.68. The van der Waals surface area contributed by atoms with Gasteiger partial charge in [0.25, 0.3) is 5.91 Å². The van der Waals surface area contributed by atoms with E-state index in [-0.39, 0.29) is 5.91 Å². The lowest BCUT2D eigenvalue weighted by Gasteiger charge is -2.14. The third-order valence-corrected chi connectivity index (χ3v) is 5.78. The smallest absolute Gasteiger partial charge is 0.264 e. The fourth-order valence-electron chi connectivity index (χ4n) is 3.03. The molecule has 6 nitrogen and oxygen atoms in total. The maximum atomic E-state index is 12.9. The van der Waals surface area contributed by atoms with E-state index < -0.39 is 0 Å². The number of amides is 1. The zero-order chi connectivity index (χ0) is 19.1. The molecule has 0 aliphatic carbocycles. The van der Waals surface area contributed by atoms with E-state index in [0.29, 0.717) is 16.4 Å². The first-order valence-electron chi connectivity index (χ1n) is 8.41. The van der Waals surface area contributed by atoms with Crippen molar-refractivity contribution in [2.24, 2.45) is 7.05 Å². The van der Waals surface area contributed by atoms with Gasteiger partial charge in [-0.3, -0.25) is 9.48 Å². The quantitative estimate of drug-likeness (QED) is 0.520. The number of aryl methyl sites for hydroxylation is 2. The Hall–Kier alpha value is -2.64. The van der Waals surface area contributed by atoms with E-state index in [1.165, 1.54) is 11.3 Å². The molecule has 0 saturated carbocycles. The summed E-state index contributed by atoms with van der Waals surface area (Å²) in [6.45, 7) is 2.45. The lowest BCUT2D eigenvalue weighted by Crippen LogP contribution is -2.25. The van der Waals surface area contributed by atoms with Crippen molar-refractivity contribution < 1.29 is 4.79 Å². The molecule has 0 bridgehead atoms.